The van der Waals surface area contributed by atoms with Gasteiger partial charge < -0.3 is 9.72 Å². The number of aromatic nitrogens is 4. The fourth-order valence-corrected chi connectivity index (χ4v) is 1.87. The summed E-state index contributed by atoms with van der Waals surface area (Å²) < 4.78 is 6.38. The molecule has 96 valence electrons. The Labute approximate surface area is 110 Å². The van der Waals surface area contributed by atoms with Crippen molar-refractivity contribution in [2.45, 2.75) is 26.4 Å². The molecule has 0 unspecified atom stereocenters. The summed E-state index contributed by atoms with van der Waals surface area (Å²) in [7, 11) is 0. The Bertz CT molecular complexity index is 668. The molecule has 2 aromatic rings. The molecule has 0 atom stereocenters. The summed E-state index contributed by atoms with van der Waals surface area (Å²) in [5.41, 5.74) is -0.871. The normalized spacial score (nSPS) is 11.8. The van der Waals surface area contributed by atoms with Crippen molar-refractivity contribution in [3.63, 3.8) is 0 Å². The van der Waals surface area contributed by atoms with Crippen LogP contribution in [0.5, 0.6) is 0 Å². The highest BCUT2D eigenvalue weighted by Crippen LogP contribution is 2.18. The number of nitrogens with one attached hydrogen (secondary N) is 1. The van der Waals surface area contributed by atoms with Gasteiger partial charge in [0.25, 0.3) is 5.56 Å². The van der Waals surface area contributed by atoms with E-state index in [2.05, 4.69) is 31.0 Å². The second kappa shape index (κ2) is 4.20. The summed E-state index contributed by atoms with van der Waals surface area (Å²) in [5.74, 6) is 0. The SMILES string of the molecule is CC(C)(C)OC(=O)n1nc(Br)c2c(=O)[nH]cnc21. The third-order valence-electron chi connectivity index (χ3n) is 1.99. The van der Waals surface area contributed by atoms with Crippen LogP contribution in [0.4, 0.5) is 4.79 Å². The van der Waals surface area contributed by atoms with Crippen LogP contribution in [0.15, 0.2) is 15.7 Å². The number of carbonyl (C=O) groups is 1. The molecule has 0 bridgehead atoms. The van der Waals surface area contributed by atoms with Gasteiger partial charge in [-0.3, -0.25) is 4.79 Å². The van der Waals surface area contributed by atoms with Crippen molar-refractivity contribution in [1.29, 1.82) is 0 Å². The largest absolute Gasteiger partial charge is 0.442 e. The van der Waals surface area contributed by atoms with E-state index in [0.717, 1.165) is 4.68 Å². The number of aromatic amines is 1. The lowest BCUT2D eigenvalue weighted by molar-refractivity contribution is 0.0521. The first kappa shape index (κ1) is 12.7. The number of ether oxygens (including phenoxy) is 1. The molecule has 18 heavy (non-hydrogen) atoms. The topological polar surface area (TPSA) is 89.9 Å². The maximum absolute atomic E-state index is 11.9. The van der Waals surface area contributed by atoms with Crippen LogP contribution in [0.25, 0.3) is 11.0 Å². The van der Waals surface area contributed by atoms with E-state index in [1.54, 1.807) is 20.8 Å². The quantitative estimate of drug-likeness (QED) is 0.798. The molecular weight excluding hydrogens is 304 g/mol. The maximum Gasteiger partial charge on any atom is 0.437 e. The lowest BCUT2D eigenvalue weighted by Crippen LogP contribution is -2.28. The molecule has 0 spiro atoms. The number of rotatable bonds is 0. The zero-order valence-electron chi connectivity index (χ0n) is 10.0. The predicted molar refractivity (Wildman–Crippen MR) is 67.5 cm³/mol. The number of hydrogen-bond acceptors (Lipinski definition) is 5. The highest BCUT2D eigenvalue weighted by molar-refractivity contribution is 9.10. The van der Waals surface area contributed by atoms with Gasteiger partial charge in [-0.2, -0.15) is 5.10 Å². The summed E-state index contributed by atoms with van der Waals surface area (Å²) in [4.78, 5) is 29.8. The Morgan fingerprint density at radius 2 is 2.17 bits per heavy atom. The molecular formula is C10H11BrN4O3. The van der Waals surface area contributed by atoms with E-state index >= 15 is 0 Å². The van der Waals surface area contributed by atoms with E-state index in [1.165, 1.54) is 6.33 Å². The molecule has 2 aromatic heterocycles. The Hall–Kier alpha value is -1.70. The summed E-state index contributed by atoms with van der Waals surface area (Å²) in [6, 6.07) is 0. The Morgan fingerprint density at radius 1 is 1.50 bits per heavy atom. The van der Waals surface area contributed by atoms with Crippen LogP contribution in [-0.4, -0.2) is 31.4 Å². The van der Waals surface area contributed by atoms with Crippen molar-refractivity contribution in [2.75, 3.05) is 0 Å². The monoisotopic (exact) mass is 314 g/mol. The van der Waals surface area contributed by atoms with Crippen LogP contribution in [0.2, 0.25) is 0 Å². The van der Waals surface area contributed by atoms with Gasteiger partial charge in [0.15, 0.2) is 5.65 Å². The van der Waals surface area contributed by atoms with Crippen LogP contribution < -0.4 is 5.56 Å². The van der Waals surface area contributed by atoms with Gasteiger partial charge in [0, 0.05) is 0 Å². The van der Waals surface area contributed by atoms with Crippen molar-refractivity contribution >= 4 is 33.1 Å². The van der Waals surface area contributed by atoms with Gasteiger partial charge in [0.2, 0.25) is 0 Å². The van der Waals surface area contributed by atoms with Crippen LogP contribution in [0, 0.1) is 0 Å². The standard InChI is InChI=1S/C10H11BrN4O3/c1-10(2,3)18-9(17)15-7-5(6(11)14-15)8(16)13-4-12-7/h4H,1-3H3,(H,12,13,16). The zero-order valence-corrected chi connectivity index (χ0v) is 11.6. The van der Waals surface area contributed by atoms with Gasteiger partial charge in [-0.15, -0.1) is 4.68 Å². The molecule has 0 saturated carbocycles. The number of carbonyl (C=O) groups excluding carboxylic acids is 1. The number of halogens is 1. The van der Waals surface area contributed by atoms with Crippen molar-refractivity contribution in [2.24, 2.45) is 0 Å². The molecule has 0 saturated heterocycles. The first-order valence-electron chi connectivity index (χ1n) is 5.15. The van der Waals surface area contributed by atoms with Gasteiger partial charge in [-0.05, 0) is 36.7 Å². The van der Waals surface area contributed by atoms with Gasteiger partial charge in [0.1, 0.15) is 15.6 Å². The fraction of sp³-hybridized carbons (Fsp3) is 0.400. The number of nitrogens with zero attached hydrogens (tertiary/aromatic N) is 3. The smallest absolute Gasteiger partial charge is 0.437 e. The summed E-state index contributed by atoms with van der Waals surface area (Å²) in [6.45, 7) is 5.23. The number of fused-ring (bicyclic) bond motifs is 1. The van der Waals surface area contributed by atoms with Crippen molar-refractivity contribution in [3.05, 3.63) is 21.3 Å². The highest BCUT2D eigenvalue weighted by Gasteiger charge is 2.23. The van der Waals surface area contributed by atoms with Gasteiger partial charge >= 0.3 is 6.09 Å². The first-order chi connectivity index (χ1) is 8.29. The van der Waals surface area contributed by atoms with E-state index < -0.39 is 11.7 Å². The third kappa shape index (κ3) is 2.28. The number of hydrogen-bond donors (Lipinski definition) is 1. The average Bonchev–Trinajstić information content (AvgIpc) is 2.55. The van der Waals surface area contributed by atoms with Crippen molar-refractivity contribution in [1.82, 2.24) is 19.7 Å². The van der Waals surface area contributed by atoms with Crippen LogP contribution in [0.1, 0.15) is 20.8 Å². The fourth-order valence-electron chi connectivity index (χ4n) is 1.35. The van der Waals surface area contributed by atoms with E-state index in [9.17, 15) is 9.59 Å². The molecule has 8 heteroatoms. The average molecular weight is 315 g/mol. The molecule has 0 radical (unpaired) electrons. The molecule has 0 amide bonds. The highest BCUT2D eigenvalue weighted by atomic mass is 79.9. The third-order valence-corrected chi connectivity index (χ3v) is 2.55. The minimum absolute atomic E-state index is 0.153. The Morgan fingerprint density at radius 3 is 2.78 bits per heavy atom. The molecule has 0 aliphatic heterocycles. The molecule has 7 nitrogen and oxygen atoms in total. The molecule has 1 N–H and O–H groups in total. The lowest BCUT2D eigenvalue weighted by Gasteiger charge is -2.18. The predicted octanol–water partition coefficient (Wildman–Crippen LogP) is 1.67. The molecule has 0 aliphatic rings. The zero-order chi connectivity index (χ0) is 13.5. The summed E-state index contributed by atoms with van der Waals surface area (Å²) >= 11 is 3.12. The lowest BCUT2D eigenvalue weighted by atomic mass is 10.2. The summed E-state index contributed by atoms with van der Waals surface area (Å²) in [5, 5.41) is 4.12. The second-order valence-corrected chi connectivity index (χ2v) is 5.36. The maximum atomic E-state index is 11.9. The van der Waals surface area contributed by atoms with E-state index in [1.807, 2.05) is 0 Å². The van der Waals surface area contributed by atoms with Crippen molar-refractivity contribution in [3.8, 4) is 0 Å². The van der Waals surface area contributed by atoms with Crippen LogP contribution in [0.3, 0.4) is 0 Å². The van der Waals surface area contributed by atoms with E-state index in [-0.39, 0.29) is 21.2 Å². The first-order valence-corrected chi connectivity index (χ1v) is 5.94. The molecule has 0 aliphatic carbocycles. The van der Waals surface area contributed by atoms with E-state index in [0.29, 0.717) is 0 Å². The van der Waals surface area contributed by atoms with Gasteiger partial charge in [0.05, 0.1) is 6.33 Å². The Kier molecular flexibility index (Phi) is 2.97. The van der Waals surface area contributed by atoms with Crippen LogP contribution >= 0.6 is 15.9 Å². The summed E-state index contributed by atoms with van der Waals surface area (Å²) in [6.07, 6.45) is 0.524. The van der Waals surface area contributed by atoms with Crippen molar-refractivity contribution < 1.29 is 9.53 Å². The molecule has 2 heterocycles. The number of H-pyrrole nitrogens is 1. The van der Waals surface area contributed by atoms with Crippen LogP contribution in [-0.2, 0) is 4.74 Å². The Balaban J connectivity index is 2.57. The second-order valence-electron chi connectivity index (χ2n) is 4.61. The minimum Gasteiger partial charge on any atom is -0.442 e. The van der Waals surface area contributed by atoms with E-state index in [4.69, 9.17) is 4.74 Å². The van der Waals surface area contributed by atoms with Gasteiger partial charge in [-0.1, -0.05) is 0 Å². The molecule has 2 rings (SSSR count). The molecule has 0 fully saturated rings. The molecule has 0 aromatic carbocycles. The van der Waals surface area contributed by atoms with Gasteiger partial charge in [-0.25, -0.2) is 9.78 Å². The minimum atomic E-state index is -0.684.